The largest absolute Gasteiger partial charge is 0.454 e. The van der Waals surface area contributed by atoms with Crippen LogP contribution in [-0.2, 0) is 20.6 Å². The maximum atomic E-state index is 15.4. The molecule has 0 saturated carbocycles. The van der Waals surface area contributed by atoms with Crippen molar-refractivity contribution < 1.29 is 50.8 Å². The highest BCUT2D eigenvalue weighted by Crippen LogP contribution is 2.39. The molecule has 5 rings (SSSR count). The molecule has 4 atom stereocenters. The molecule has 3 heterocycles. The average Bonchev–Trinajstić information content (AvgIpc) is 3.60. The molecule has 2 aromatic carbocycles. The second-order valence-corrected chi connectivity index (χ2v) is 14.2. The SMILES string of the molecule is CC(C)(C)OC(=O)N1C[C@@H](CCc2c(F)cncc2NC[C@@H](N=[N+]=[N-])[C@@H](c2ccc(Cl)cc2)c2ccc3c(c2)OCO3)OC[C@H]1COC(=O)NCC(F)(F)F. The fourth-order valence-electron chi connectivity index (χ4n) is 6.10. The zero-order valence-electron chi connectivity index (χ0n) is 30.1. The number of carbonyl (C=O) groups excluding carboxylic acids is 2. The zero-order chi connectivity index (χ0) is 39.8. The number of hydrogen-bond donors (Lipinski definition) is 2. The summed E-state index contributed by atoms with van der Waals surface area (Å²) in [6.07, 6.45) is -4.44. The van der Waals surface area contributed by atoms with Gasteiger partial charge >= 0.3 is 18.4 Å². The van der Waals surface area contributed by atoms with E-state index >= 15 is 4.39 Å². The van der Waals surface area contributed by atoms with E-state index in [1.807, 2.05) is 24.3 Å². The van der Waals surface area contributed by atoms with E-state index in [1.165, 1.54) is 11.1 Å². The van der Waals surface area contributed by atoms with E-state index in [9.17, 15) is 28.3 Å². The van der Waals surface area contributed by atoms with Gasteiger partial charge in [0.05, 0.1) is 49.4 Å². The predicted octanol–water partition coefficient (Wildman–Crippen LogP) is 7.75. The third kappa shape index (κ3) is 11.7. The van der Waals surface area contributed by atoms with E-state index in [0.717, 1.165) is 17.3 Å². The van der Waals surface area contributed by atoms with Gasteiger partial charge in [-0.1, -0.05) is 34.9 Å². The number of ether oxygens (including phenoxy) is 5. The lowest BCUT2D eigenvalue weighted by molar-refractivity contribution is -0.124. The molecule has 55 heavy (non-hydrogen) atoms. The fourth-order valence-corrected chi connectivity index (χ4v) is 6.23. The van der Waals surface area contributed by atoms with Crippen molar-refractivity contribution in [1.29, 1.82) is 0 Å². The summed E-state index contributed by atoms with van der Waals surface area (Å²) in [4.78, 5) is 33.5. The Bertz CT molecular complexity index is 1860. The smallest absolute Gasteiger partial charge is 0.410 e. The van der Waals surface area contributed by atoms with Gasteiger partial charge in [0.1, 0.15) is 24.6 Å². The Morgan fingerprint density at radius 3 is 2.55 bits per heavy atom. The van der Waals surface area contributed by atoms with Gasteiger partial charge in [-0.3, -0.25) is 9.88 Å². The molecule has 2 aliphatic rings. The predicted molar refractivity (Wildman–Crippen MR) is 192 cm³/mol. The van der Waals surface area contributed by atoms with Crippen LogP contribution in [-0.4, -0.2) is 91.7 Å². The highest BCUT2D eigenvalue weighted by atomic mass is 35.5. The Hall–Kier alpha value is -5.19. The molecule has 19 heteroatoms. The van der Waals surface area contributed by atoms with Crippen molar-refractivity contribution in [1.82, 2.24) is 15.2 Å². The van der Waals surface area contributed by atoms with Crippen LogP contribution < -0.4 is 20.1 Å². The molecule has 2 amide bonds. The van der Waals surface area contributed by atoms with Gasteiger partial charge in [0.15, 0.2) is 11.5 Å². The zero-order valence-corrected chi connectivity index (χ0v) is 30.9. The van der Waals surface area contributed by atoms with Crippen LogP contribution in [0.2, 0.25) is 5.02 Å². The number of anilines is 1. The van der Waals surface area contributed by atoms with Crippen molar-refractivity contribution in [3.05, 3.63) is 92.8 Å². The second kappa shape index (κ2) is 18.0. The maximum Gasteiger partial charge on any atom is 0.410 e. The molecule has 14 nitrogen and oxygen atoms in total. The van der Waals surface area contributed by atoms with E-state index in [-0.39, 0.29) is 44.9 Å². The number of carbonyl (C=O) groups is 2. The molecule has 0 unspecified atom stereocenters. The lowest BCUT2D eigenvalue weighted by Crippen LogP contribution is -2.55. The molecule has 296 valence electrons. The summed E-state index contributed by atoms with van der Waals surface area (Å²) >= 11 is 6.18. The first-order valence-electron chi connectivity index (χ1n) is 17.2. The molecule has 2 aliphatic heterocycles. The summed E-state index contributed by atoms with van der Waals surface area (Å²) < 4.78 is 80.5. The molecule has 0 bridgehead atoms. The van der Waals surface area contributed by atoms with Gasteiger partial charge in [-0.25, -0.2) is 14.0 Å². The van der Waals surface area contributed by atoms with E-state index in [0.29, 0.717) is 22.2 Å². The number of hydrogen-bond acceptors (Lipinski definition) is 10. The number of halogens is 5. The number of amides is 2. The standard InChI is InChI=1S/C36H40ClF4N7O7/c1-35(2,3)55-34(50)48-16-25(51-17-24(48)18-52-33(49)45-19-36(39,40)41)9-10-26-27(38)13-43-14-28(26)44-15-29(46-47-42)32(21-4-7-23(37)8-5-21)22-6-11-30-31(12-22)54-20-53-30/h4-8,11-14,24-25,29,32,44H,9-10,15-20H2,1-3H3,(H,45,49)/t24-,25+,29+,32-/m0/s1. The van der Waals surface area contributed by atoms with Crippen LogP contribution in [0, 0.1) is 5.82 Å². The molecule has 3 aromatic rings. The number of morpholine rings is 1. The summed E-state index contributed by atoms with van der Waals surface area (Å²) in [5.41, 5.74) is 10.9. The van der Waals surface area contributed by atoms with Gasteiger partial charge in [-0.2, -0.15) is 13.2 Å². The first-order chi connectivity index (χ1) is 26.1. The first-order valence-corrected chi connectivity index (χ1v) is 17.6. The summed E-state index contributed by atoms with van der Waals surface area (Å²) in [7, 11) is 0. The number of benzene rings is 2. The number of alkyl carbamates (subject to hydrolysis) is 1. The summed E-state index contributed by atoms with van der Waals surface area (Å²) in [5, 5.41) is 9.48. The number of rotatable bonds is 13. The van der Waals surface area contributed by atoms with Gasteiger partial charge < -0.3 is 34.3 Å². The Morgan fingerprint density at radius 2 is 1.84 bits per heavy atom. The molecular weight excluding hydrogens is 754 g/mol. The minimum absolute atomic E-state index is 0.0418. The van der Waals surface area contributed by atoms with Crippen LogP contribution in [0.1, 0.15) is 49.8 Å². The van der Waals surface area contributed by atoms with E-state index < -0.39 is 67.0 Å². The molecule has 1 saturated heterocycles. The lowest BCUT2D eigenvalue weighted by Gasteiger charge is -2.39. The average molecular weight is 794 g/mol. The number of pyridine rings is 1. The van der Waals surface area contributed by atoms with E-state index in [4.69, 9.17) is 35.3 Å². The second-order valence-electron chi connectivity index (χ2n) is 13.8. The van der Waals surface area contributed by atoms with Crippen molar-refractivity contribution >= 4 is 29.5 Å². The topological polar surface area (TPSA) is 169 Å². The Kier molecular flexibility index (Phi) is 13.4. The Balaban J connectivity index is 1.29. The van der Waals surface area contributed by atoms with Crippen molar-refractivity contribution in [2.24, 2.45) is 5.11 Å². The third-order valence-electron chi connectivity index (χ3n) is 8.63. The third-order valence-corrected chi connectivity index (χ3v) is 8.88. The molecular formula is C36H40ClF4N7O7. The number of nitrogens with one attached hydrogen (secondary N) is 2. The molecule has 2 N–H and O–H groups in total. The summed E-state index contributed by atoms with van der Waals surface area (Å²) in [5.74, 6) is 0.0366. The molecule has 0 radical (unpaired) electrons. The monoisotopic (exact) mass is 793 g/mol. The van der Waals surface area contributed by atoms with Crippen LogP contribution in [0.3, 0.4) is 0 Å². The van der Waals surface area contributed by atoms with Crippen molar-refractivity contribution in [3.8, 4) is 11.5 Å². The van der Waals surface area contributed by atoms with Crippen molar-refractivity contribution in [2.75, 3.05) is 45.0 Å². The lowest BCUT2D eigenvalue weighted by atomic mass is 9.85. The fraction of sp³-hybridized carbons (Fsp3) is 0.472. The number of fused-ring (bicyclic) bond motifs is 1. The van der Waals surface area contributed by atoms with Crippen LogP contribution >= 0.6 is 11.6 Å². The van der Waals surface area contributed by atoms with Crippen LogP contribution in [0.5, 0.6) is 11.5 Å². The van der Waals surface area contributed by atoms with Crippen molar-refractivity contribution in [3.63, 3.8) is 0 Å². The molecule has 0 spiro atoms. The quantitative estimate of drug-likeness (QED) is 0.0761. The number of aromatic nitrogens is 1. The molecule has 1 aromatic heterocycles. The molecule has 1 fully saturated rings. The first kappa shape index (κ1) is 41.0. The van der Waals surface area contributed by atoms with Crippen LogP contribution in [0.15, 0.2) is 60.0 Å². The number of alkyl halides is 3. The van der Waals surface area contributed by atoms with Gasteiger partial charge in [0, 0.05) is 28.0 Å². The highest BCUT2D eigenvalue weighted by Gasteiger charge is 2.36. The normalized spacial score (nSPS) is 17.8. The van der Waals surface area contributed by atoms with Gasteiger partial charge in [-0.15, -0.1) is 0 Å². The number of azide groups is 1. The Morgan fingerprint density at radius 1 is 1.11 bits per heavy atom. The molecule has 0 aliphatic carbocycles. The Labute approximate surface area is 319 Å². The summed E-state index contributed by atoms with van der Waals surface area (Å²) in [6.45, 7) is 2.92. The minimum Gasteiger partial charge on any atom is -0.454 e. The maximum absolute atomic E-state index is 15.4. The van der Waals surface area contributed by atoms with Crippen LogP contribution in [0.4, 0.5) is 32.8 Å². The van der Waals surface area contributed by atoms with Crippen molar-refractivity contribution in [2.45, 2.75) is 69.5 Å². The van der Waals surface area contributed by atoms with E-state index in [1.54, 1.807) is 44.3 Å². The van der Waals surface area contributed by atoms with Gasteiger partial charge in [-0.05, 0) is 74.5 Å². The van der Waals surface area contributed by atoms with Gasteiger partial charge in [0.25, 0.3) is 0 Å². The van der Waals surface area contributed by atoms with E-state index in [2.05, 4.69) is 20.3 Å². The van der Waals surface area contributed by atoms with Crippen LogP contribution in [0.25, 0.3) is 10.4 Å². The number of nitrogens with zero attached hydrogens (tertiary/aromatic N) is 5. The summed E-state index contributed by atoms with van der Waals surface area (Å²) in [6, 6.07) is 11.0. The highest BCUT2D eigenvalue weighted by molar-refractivity contribution is 6.30. The van der Waals surface area contributed by atoms with Gasteiger partial charge in [0.2, 0.25) is 6.79 Å². The minimum atomic E-state index is -4.63.